The van der Waals surface area contributed by atoms with Crippen LogP contribution >= 0.6 is 0 Å². The second-order valence-electron chi connectivity index (χ2n) is 2.32. The van der Waals surface area contributed by atoms with E-state index in [1.165, 1.54) is 0 Å². The minimum atomic E-state index is -0.845. The van der Waals surface area contributed by atoms with Crippen molar-refractivity contribution in [3.8, 4) is 0 Å². The summed E-state index contributed by atoms with van der Waals surface area (Å²) in [6.45, 7) is 1.95. The summed E-state index contributed by atoms with van der Waals surface area (Å²) in [7, 11) is 0. The van der Waals surface area contributed by atoms with Gasteiger partial charge in [0.15, 0.2) is 0 Å². The maximum atomic E-state index is 10.6. The van der Waals surface area contributed by atoms with Gasteiger partial charge in [-0.3, -0.25) is 0 Å². The van der Waals surface area contributed by atoms with Crippen LogP contribution in [0.5, 0.6) is 0 Å². The third kappa shape index (κ3) is 2.07. The molecule has 4 N–H and O–H groups in total. The standard InChI is InChI=1S/C9H10O2.H3N/c1-2-7-5-3-4-6-8(7)9(10)11;/h3-6H,2H2,1H3,(H,10,11);1H3. The van der Waals surface area contributed by atoms with Gasteiger partial charge in [0, 0.05) is 0 Å². The highest BCUT2D eigenvalue weighted by Gasteiger charge is 2.05. The second-order valence-corrected chi connectivity index (χ2v) is 2.32. The fourth-order valence-corrected chi connectivity index (χ4v) is 1.04. The monoisotopic (exact) mass is 167 g/mol. The van der Waals surface area contributed by atoms with Crippen molar-refractivity contribution in [3.63, 3.8) is 0 Å². The molecule has 0 aliphatic rings. The van der Waals surface area contributed by atoms with Crippen LogP contribution in [0.3, 0.4) is 0 Å². The van der Waals surface area contributed by atoms with Gasteiger partial charge in [0.2, 0.25) is 0 Å². The molecule has 0 fully saturated rings. The SMILES string of the molecule is CCc1ccccc1C(=O)O.N. The van der Waals surface area contributed by atoms with Gasteiger partial charge in [-0.1, -0.05) is 25.1 Å². The summed E-state index contributed by atoms with van der Waals surface area (Å²) in [4.78, 5) is 10.6. The van der Waals surface area contributed by atoms with E-state index in [2.05, 4.69) is 0 Å². The zero-order valence-corrected chi connectivity index (χ0v) is 7.08. The zero-order chi connectivity index (χ0) is 8.27. The Labute approximate surface area is 71.6 Å². The molecule has 3 nitrogen and oxygen atoms in total. The van der Waals surface area contributed by atoms with Gasteiger partial charge in [-0.05, 0) is 18.1 Å². The Morgan fingerprint density at radius 3 is 2.42 bits per heavy atom. The van der Waals surface area contributed by atoms with Crippen molar-refractivity contribution in [2.24, 2.45) is 0 Å². The van der Waals surface area contributed by atoms with Crippen molar-refractivity contribution in [1.29, 1.82) is 0 Å². The summed E-state index contributed by atoms with van der Waals surface area (Å²) < 4.78 is 0. The molecule has 3 heteroatoms. The molecule has 1 rings (SSSR count). The van der Waals surface area contributed by atoms with Crippen LogP contribution in [-0.4, -0.2) is 11.1 Å². The Hall–Kier alpha value is -1.35. The smallest absolute Gasteiger partial charge is 0.335 e. The minimum Gasteiger partial charge on any atom is -0.478 e. The molecule has 0 radical (unpaired) electrons. The minimum absolute atomic E-state index is 0. The number of aryl methyl sites for hydroxylation is 1. The molecule has 0 atom stereocenters. The Balaban J connectivity index is 0.00000121. The molecule has 0 spiro atoms. The predicted molar refractivity (Wildman–Crippen MR) is 47.8 cm³/mol. The number of aromatic carboxylic acids is 1. The topological polar surface area (TPSA) is 72.3 Å². The van der Waals surface area contributed by atoms with E-state index in [4.69, 9.17) is 5.11 Å². The van der Waals surface area contributed by atoms with Crippen molar-refractivity contribution in [1.82, 2.24) is 6.15 Å². The van der Waals surface area contributed by atoms with Crippen LogP contribution in [0.4, 0.5) is 0 Å². The molecule has 0 saturated heterocycles. The molecule has 0 aliphatic heterocycles. The lowest BCUT2D eigenvalue weighted by atomic mass is 10.1. The van der Waals surface area contributed by atoms with E-state index in [0.29, 0.717) is 5.56 Å². The summed E-state index contributed by atoms with van der Waals surface area (Å²) in [6.07, 6.45) is 0.766. The van der Waals surface area contributed by atoms with Crippen molar-refractivity contribution in [3.05, 3.63) is 35.4 Å². The second kappa shape index (κ2) is 4.51. The van der Waals surface area contributed by atoms with Crippen LogP contribution in [0, 0.1) is 0 Å². The third-order valence-electron chi connectivity index (χ3n) is 1.63. The van der Waals surface area contributed by atoms with Gasteiger partial charge >= 0.3 is 5.97 Å². The first kappa shape index (κ1) is 10.7. The molecule has 0 aliphatic carbocycles. The number of carbonyl (C=O) groups is 1. The first-order valence-corrected chi connectivity index (χ1v) is 3.57. The van der Waals surface area contributed by atoms with Crippen LogP contribution < -0.4 is 6.15 Å². The molecular weight excluding hydrogens is 154 g/mol. The lowest BCUT2D eigenvalue weighted by Crippen LogP contribution is -2.00. The molecule has 66 valence electrons. The van der Waals surface area contributed by atoms with Crippen LogP contribution in [-0.2, 0) is 6.42 Å². The van der Waals surface area contributed by atoms with Crippen molar-refractivity contribution >= 4 is 5.97 Å². The van der Waals surface area contributed by atoms with E-state index in [9.17, 15) is 4.79 Å². The van der Waals surface area contributed by atoms with E-state index >= 15 is 0 Å². The van der Waals surface area contributed by atoms with Gasteiger partial charge in [0.25, 0.3) is 0 Å². The van der Waals surface area contributed by atoms with E-state index in [0.717, 1.165) is 12.0 Å². The molecule has 1 aromatic carbocycles. The van der Waals surface area contributed by atoms with E-state index in [-0.39, 0.29) is 6.15 Å². The first-order valence-electron chi connectivity index (χ1n) is 3.57. The molecule has 0 bridgehead atoms. The summed E-state index contributed by atoms with van der Waals surface area (Å²) in [5, 5.41) is 8.70. The van der Waals surface area contributed by atoms with E-state index in [1.807, 2.05) is 19.1 Å². The molecule has 0 unspecified atom stereocenters. The van der Waals surface area contributed by atoms with Gasteiger partial charge in [-0.15, -0.1) is 0 Å². The van der Waals surface area contributed by atoms with Crippen molar-refractivity contribution in [2.45, 2.75) is 13.3 Å². The fraction of sp³-hybridized carbons (Fsp3) is 0.222. The van der Waals surface area contributed by atoms with Crippen LogP contribution in [0.25, 0.3) is 0 Å². The van der Waals surface area contributed by atoms with Gasteiger partial charge in [0.1, 0.15) is 0 Å². The maximum absolute atomic E-state index is 10.6. The average molecular weight is 167 g/mol. The van der Waals surface area contributed by atoms with E-state index in [1.54, 1.807) is 12.1 Å². The normalized spacial score (nSPS) is 8.75. The van der Waals surface area contributed by atoms with Gasteiger partial charge in [-0.25, -0.2) is 4.79 Å². The fourth-order valence-electron chi connectivity index (χ4n) is 1.04. The highest BCUT2D eigenvalue weighted by atomic mass is 16.4. The number of hydrogen-bond acceptors (Lipinski definition) is 2. The van der Waals surface area contributed by atoms with Gasteiger partial charge in [0.05, 0.1) is 5.56 Å². The first-order chi connectivity index (χ1) is 5.25. The molecular formula is C9H13NO2. The Bertz CT molecular complexity index is 271. The molecule has 0 saturated carbocycles. The number of hydrogen-bond donors (Lipinski definition) is 2. The number of carboxylic acids is 1. The number of benzene rings is 1. The van der Waals surface area contributed by atoms with Crippen LogP contribution in [0.15, 0.2) is 24.3 Å². The average Bonchev–Trinajstić information content (AvgIpc) is 2.04. The Morgan fingerprint density at radius 2 is 2.00 bits per heavy atom. The van der Waals surface area contributed by atoms with Crippen molar-refractivity contribution in [2.75, 3.05) is 0 Å². The molecule has 1 aromatic rings. The van der Waals surface area contributed by atoms with Crippen LogP contribution in [0.1, 0.15) is 22.8 Å². The van der Waals surface area contributed by atoms with E-state index < -0.39 is 5.97 Å². The summed E-state index contributed by atoms with van der Waals surface area (Å²) in [6, 6.07) is 7.05. The summed E-state index contributed by atoms with van der Waals surface area (Å²) in [5.74, 6) is -0.845. The van der Waals surface area contributed by atoms with Crippen molar-refractivity contribution < 1.29 is 9.90 Å². The molecule has 0 aromatic heterocycles. The molecule has 0 amide bonds. The summed E-state index contributed by atoms with van der Waals surface area (Å²) >= 11 is 0. The number of carboxylic acid groups (broad SMARTS) is 1. The van der Waals surface area contributed by atoms with Crippen LogP contribution in [0.2, 0.25) is 0 Å². The van der Waals surface area contributed by atoms with Gasteiger partial charge in [-0.2, -0.15) is 0 Å². The highest BCUT2D eigenvalue weighted by Crippen LogP contribution is 2.08. The number of rotatable bonds is 2. The Morgan fingerprint density at radius 1 is 1.42 bits per heavy atom. The predicted octanol–water partition coefficient (Wildman–Crippen LogP) is 2.11. The Kier molecular flexibility index (Phi) is 4.00. The molecule has 0 heterocycles. The largest absolute Gasteiger partial charge is 0.478 e. The highest BCUT2D eigenvalue weighted by molar-refractivity contribution is 5.89. The maximum Gasteiger partial charge on any atom is 0.335 e. The lowest BCUT2D eigenvalue weighted by Gasteiger charge is -2.00. The third-order valence-corrected chi connectivity index (χ3v) is 1.63. The quantitative estimate of drug-likeness (QED) is 0.708. The van der Waals surface area contributed by atoms with Gasteiger partial charge < -0.3 is 11.3 Å². The molecule has 12 heavy (non-hydrogen) atoms. The lowest BCUT2D eigenvalue weighted by molar-refractivity contribution is 0.0696. The zero-order valence-electron chi connectivity index (χ0n) is 7.08. The summed E-state index contributed by atoms with van der Waals surface area (Å²) in [5.41, 5.74) is 1.30.